The highest BCUT2D eigenvalue weighted by Gasteiger charge is 2.40. The summed E-state index contributed by atoms with van der Waals surface area (Å²) in [6.07, 6.45) is 1.30. The second-order valence-corrected chi connectivity index (χ2v) is 7.29. The zero-order valence-corrected chi connectivity index (χ0v) is 16.0. The SMILES string of the molecule is O=C(NCc1ccc(F)cc1)c1cccc(C(=O)N2CCC3(CC2)OCCO3)c1. The molecule has 0 aliphatic carbocycles. The van der Waals surface area contributed by atoms with Crippen LogP contribution in [0.5, 0.6) is 0 Å². The largest absolute Gasteiger partial charge is 0.348 e. The first-order valence-electron chi connectivity index (χ1n) is 9.75. The lowest BCUT2D eigenvalue weighted by Crippen LogP contribution is -2.47. The first kappa shape index (κ1) is 19.5. The lowest BCUT2D eigenvalue weighted by atomic mass is 10.0. The molecule has 1 N–H and O–H groups in total. The predicted molar refractivity (Wildman–Crippen MR) is 104 cm³/mol. The summed E-state index contributed by atoms with van der Waals surface area (Å²) >= 11 is 0. The average molecular weight is 398 g/mol. The normalized spacial score (nSPS) is 18.0. The standard InChI is InChI=1S/C22H23FN2O4/c23-19-6-4-16(5-7-19)15-24-20(26)17-2-1-3-18(14-17)21(27)25-10-8-22(9-11-25)28-12-13-29-22/h1-7,14H,8-13,15H2,(H,24,26). The maximum Gasteiger partial charge on any atom is 0.253 e. The smallest absolute Gasteiger partial charge is 0.253 e. The molecule has 0 bridgehead atoms. The molecule has 2 aromatic carbocycles. The lowest BCUT2D eigenvalue weighted by molar-refractivity contribution is -0.181. The molecule has 29 heavy (non-hydrogen) atoms. The number of carbonyl (C=O) groups is 2. The van der Waals surface area contributed by atoms with Crippen LogP contribution in [0.15, 0.2) is 48.5 Å². The molecule has 2 heterocycles. The van der Waals surface area contributed by atoms with Crippen molar-refractivity contribution in [1.82, 2.24) is 10.2 Å². The van der Waals surface area contributed by atoms with Gasteiger partial charge in [-0.25, -0.2) is 4.39 Å². The molecular formula is C22H23FN2O4. The Balaban J connectivity index is 1.37. The Kier molecular flexibility index (Phi) is 5.60. The molecule has 0 unspecified atom stereocenters. The third kappa shape index (κ3) is 4.46. The first-order valence-corrected chi connectivity index (χ1v) is 9.75. The van der Waals surface area contributed by atoms with Gasteiger partial charge in [0.1, 0.15) is 5.82 Å². The Morgan fingerprint density at radius 1 is 1.00 bits per heavy atom. The van der Waals surface area contributed by atoms with Crippen LogP contribution in [0.3, 0.4) is 0 Å². The Morgan fingerprint density at radius 3 is 2.34 bits per heavy atom. The van der Waals surface area contributed by atoms with Crippen LogP contribution in [0, 0.1) is 5.82 Å². The number of hydrogen-bond acceptors (Lipinski definition) is 4. The topological polar surface area (TPSA) is 67.9 Å². The van der Waals surface area contributed by atoms with Crippen LogP contribution in [-0.4, -0.2) is 48.8 Å². The summed E-state index contributed by atoms with van der Waals surface area (Å²) in [6, 6.07) is 12.6. The van der Waals surface area contributed by atoms with E-state index in [9.17, 15) is 14.0 Å². The van der Waals surface area contributed by atoms with Gasteiger partial charge < -0.3 is 19.7 Å². The van der Waals surface area contributed by atoms with Crippen molar-refractivity contribution in [3.05, 3.63) is 71.0 Å². The fraction of sp³-hybridized carbons (Fsp3) is 0.364. The maximum absolute atomic E-state index is 13.0. The van der Waals surface area contributed by atoms with Crippen LogP contribution >= 0.6 is 0 Å². The number of carbonyl (C=O) groups excluding carboxylic acids is 2. The number of piperidine rings is 1. The second kappa shape index (κ2) is 8.31. The van der Waals surface area contributed by atoms with Crippen LogP contribution in [0.25, 0.3) is 0 Å². The minimum Gasteiger partial charge on any atom is -0.348 e. The average Bonchev–Trinajstić information content (AvgIpc) is 3.21. The summed E-state index contributed by atoms with van der Waals surface area (Å²) < 4.78 is 24.4. The van der Waals surface area contributed by atoms with Crippen LogP contribution in [0.1, 0.15) is 39.1 Å². The lowest BCUT2D eigenvalue weighted by Gasteiger charge is -2.37. The van der Waals surface area contributed by atoms with Crippen LogP contribution in [0.2, 0.25) is 0 Å². The molecule has 7 heteroatoms. The summed E-state index contributed by atoms with van der Waals surface area (Å²) in [6.45, 7) is 2.59. The zero-order valence-electron chi connectivity index (χ0n) is 16.0. The van der Waals surface area contributed by atoms with E-state index in [1.165, 1.54) is 12.1 Å². The van der Waals surface area contributed by atoms with Crippen molar-refractivity contribution < 1.29 is 23.5 Å². The molecule has 2 fully saturated rings. The van der Waals surface area contributed by atoms with Crippen molar-refractivity contribution in [2.45, 2.75) is 25.2 Å². The Morgan fingerprint density at radius 2 is 1.66 bits per heavy atom. The number of ether oxygens (including phenoxy) is 2. The van der Waals surface area contributed by atoms with Gasteiger partial charge in [0.05, 0.1) is 13.2 Å². The summed E-state index contributed by atoms with van der Waals surface area (Å²) in [5, 5.41) is 2.79. The third-order valence-electron chi connectivity index (χ3n) is 5.36. The van der Waals surface area contributed by atoms with E-state index in [1.54, 1.807) is 41.3 Å². The molecule has 152 valence electrons. The van der Waals surface area contributed by atoms with Gasteiger partial charge in [0, 0.05) is 43.6 Å². The van der Waals surface area contributed by atoms with E-state index in [2.05, 4.69) is 5.32 Å². The molecule has 0 radical (unpaired) electrons. The van der Waals surface area contributed by atoms with Crippen molar-refractivity contribution in [2.24, 2.45) is 0 Å². The van der Waals surface area contributed by atoms with E-state index >= 15 is 0 Å². The molecule has 4 rings (SSSR count). The van der Waals surface area contributed by atoms with E-state index in [0.717, 1.165) is 5.56 Å². The van der Waals surface area contributed by atoms with Crippen LogP contribution in [-0.2, 0) is 16.0 Å². The molecule has 1 spiro atoms. The molecule has 2 aliphatic heterocycles. The summed E-state index contributed by atoms with van der Waals surface area (Å²) in [5.74, 6) is -1.24. The Labute approximate surface area is 168 Å². The predicted octanol–water partition coefficient (Wildman–Crippen LogP) is 2.73. The Hall–Kier alpha value is -2.77. The highest BCUT2D eigenvalue weighted by molar-refractivity contribution is 5.99. The highest BCUT2D eigenvalue weighted by atomic mass is 19.1. The molecule has 2 aromatic rings. The van der Waals surface area contributed by atoms with Crippen molar-refractivity contribution in [3.8, 4) is 0 Å². The fourth-order valence-corrected chi connectivity index (χ4v) is 3.70. The van der Waals surface area contributed by atoms with E-state index in [1.807, 2.05) is 0 Å². The van der Waals surface area contributed by atoms with E-state index < -0.39 is 5.79 Å². The fourth-order valence-electron chi connectivity index (χ4n) is 3.70. The van der Waals surface area contributed by atoms with Crippen molar-refractivity contribution >= 4 is 11.8 Å². The number of nitrogens with one attached hydrogen (secondary N) is 1. The quantitative estimate of drug-likeness (QED) is 0.860. The first-order chi connectivity index (χ1) is 14.0. The van der Waals surface area contributed by atoms with E-state index in [4.69, 9.17) is 9.47 Å². The third-order valence-corrected chi connectivity index (χ3v) is 5.36. The summed E-state index contributed by atoms with van der Waals surface area (Å²) in [4.78, 5) is 27.1. The highest BCUT2D eigenvalue weighted by Crippen LogP contribution is 2.31. The molecule has 0 saturated carbocycles. The van der Waals surface area contributed by atoms with Gasteiger partial charge in [0.15, 0.2) is 5.79 Å². The second-order valence-electron chi connectivity index (χ2n) is 7.29. The molecule has 0 aromatic heterocycles. The monoisotopic (exact) mass is 398 g/mol. The van der Waals surface area contributed by atoms with Gasteiger partial charge in [-0.3, -0.25) is 9.59 Å². The van der Waals surface area contributed by atoms with Gasteiger partial charge >= 0.3 is 0 Å². The van der Waals surface area contributed by atoms with Crippen molar-refractivity contribution in [1.29, 1.82) is 0 Å². The maximum atomic E-state index is 13.0. The van der Waals surface area contributed by atoms with Crippen LogP contribution < -0.4 is 5.32 Å². The molecule has 6 nitrogen and oxygen atoms in total. The number of halogens is 1. The summed E-state index contributed by atoms with van der Waals surface area (Å²) in [7, 11) is 0. The van der Waals surface area contributed by atoms with Crippen molar-refractivity contribution in [3.63, 3.8) is 0 Å². The number of hydrogen-bond donors (Lipinski definition) is 1. The molecule has 2 aliphatic rings. The molecular weight excluding hydrogens is 375 g/mol. The van der Waals surface area contributed by atoms with E-state index in [0.29, 0.717) is 50.3 Å². The molecule has 2 saturated heterocycles. The van der Waals surface area contributed by atoms with Gasteiger partial charge in [0.2, 0.25) is 0 Å². The van der Waals surface area contributed by atoms with Gasteiger partial charge in [0.25, 0.3) is 11.8 Å². The summed E-state index contributed by atoms with van der Waals surface area (Å²) in [5.41, 5.74) is 1.68. The van der Waals surface area contributed by atoms with Gasteiger partial charge in [-0.05, 0) is 35.9 Å². The zero-order chi connectivity index (χ0) is 20.3. The van der Waals surface area contributed by atoms with Gasteiger partial charge in [-0.15, -0.1) is 0 Å². The van der Waals surface area contributed by atoms with Gasteiger partial charge in [-0.1, -0.05) is 18.2 Å². The number of likely N-dealkylation sites (tertiary alicyclic amines) is 1. The van der Waals surface area contributed by atoms with Gasteiger partial charge in [-0.2, -0.15) is 0 Å². The van der Waals surface area contributed by atoms with E-state index in [-0.39, 0.29) is 24.2 Å². The number of nitrogens with zero attached hydrogens (tertiary/aromatic N) is 1. The molecule has 0 atom stereocenters. The number of amides is 2. The number of rotatable bonds is 4. The Bertz CT molecular complexity index is 884. The van der Waals surface area contributed by atoms with Crippen LogP contribution in [0.4, 0.5) is 4.39 Å². The minimum absolute atomic E-state index is 0.106. The minimum atomic E-state index is -0.529. The molecule has 2 amide bonds. The number of benzene rings is 2. The van der Waals surface area contributed by atoms with Crippen molar-refractivity contribution in [2.75, 3.05) is 26.3 Å².